The Kier molecular flexibility index (Phi) is 9.43. The van der Waals surface area contributed by atoms with Crippen molar-refractivity contribution in [1.82, 2.24) is 0 Å². The first kappa shape index (κ1) is 35.5. The number of hydrogen-bond acceptors (Lipinski definition) is 0. The molecule has 0 saturated carbocycles. The molecule has 0 aliphatic rings. The van der Waals surface area contributed by atoms with Crippen LogP contribution in [0.25, 0.3) is 0 Å². The van der Waals surface area contributed by atoms with Gasteiger partial charge >= 0.3 is 0 Å². The Balaban J connectivity index is 2.78. The van der Waals surface area contributed by atoms with Crippen LogP contribution in [0.4, 0.5) is 0 Å². The Labute approximate surface area is 269 Å². The van der Waals surface area contributed by atoms with Crippen molar-refractivity contribution in [2.45, 2.75) is 172 Å². The molecule has 0 nitrogen and oxygen atoms in total. The van der Waals surface area contributed by atoms with Crippen LogP contribution in [-0.2, 0) is 43.4 Å². The zero-order valence-electron chi connectivity index (χ0n) is 31.1. The van der Waals surface area contributed by atoms with Gasteiger partial charge in [0.05, 0.1) is 0 Å². The first-order valence-electron chi connectivity index (χ1n) is 16.3. The predicted molar refractivity (Wildman–Crippen MR) is 194 cm³/mol. The van der Waals surface area contributed by atoms with Gasteiger partial charge in [-0.1, -0.05) is 143 Å². The maximum Gasteiger partial charge on any atom is 0.174 e. The summed E-state index contributed by atoms with van der Waals surface area (Å²) in [6.07, 6.45) is 0. The molecule has 0 aliphatic heterocycles. The van der Waals surface area contributed by atoms with E-state index in [-0.39, 0.29) is 43.4 Å². The Morgan fingerprint density at radius 1 is 0.349 bits per heavy atom. The third-order valence-electron chi connectivity index (χ3n) is 8.53. The van der Waals surface area contributed by atoms with Crippen LogP contribution in [0.2, 0.25) is 0 Å². The first-order valence-corrected chi connectivity index (χ1v) is 17.6. The van der Waals surface area contributed by atoms with Gasteiger partial charge in [0.2, 0.25) is 0 Å². The molecule has 0 aliphatic carbocycles. The van der Waals surface area contributed by atoms with Crippen molar-refractivity contribution in [1.29, 1.82) is 0 Å². The molecule has 0 spiro atoms. The van der Waals surface area contributed by atoms with E-state index < -0.39 is 0 Å². The van der Waals surface area contributed by atoms with E-state index in [0.717, 1.165) is 0 Å². The monoisotopic (exact) mass is 599 g/mol. The molecule has 0 fully saturated rings. The van der Waals surface area contributed by atoms with Crippen LogP contribution in [-0.4, -0.2) is 0 Å². The van der Waals surface area contributed by atoms with Crippen molar-refractivity contribution < 1.29 is 0 Å². The maximum absolute atomic E-state index is 2.56. The molecule has 0 atom stereocenters. The number of hydrogen-bond donors (Lipinski definition) is 0. The zero-order valence-corrected chi connectivity index (χ0v) is 31.9. The minimum atomic E-state index is -0.317. The second-order valence-corrected chi connectivity index (χ2v) is 20.8. The fourth-order valence-corrected chi connectivity index (χ4v) is 9.13. The van der Waals surface area contributed by atoms with Gasteiger partial charge in [0, 0.05) is 22.3 Å². The highest BCUT2D eigenvalue weighted by Gasteiger charge is 2.46. The molecule has 0 heterocycles. The van der Waals surface area contributed by atoms with Crippen molar-refractivity contribution in [3.05, 3.63) is 88.0 Å². The van der Waals surface area contributed by atoms with E-state index in [9.17, 15) is 0 Å². The number of benzene rings is 3. The molecule has 1 heteroatoms. The lowest BCUT2D eigenvalue weighted by Crippen LogP contribution is -2.30. The average Bonchev–Trinajstić information content (AvgIpc) is 2.80. The SMILES string of the molecule is CC(C)(C)c1cc(C(C)(C)C)c([S+](c2ccccc2)c2c(C(C)(C)C)cc(C(C)(C)C)cc2C(C)(C)C)c(C(C)(C)C)c1. The molecule has 3 aromatic carbocycles. The summed E-state index contributed by atoms with van der Waals surface area (Å²) in [5.41, 5.74) is 8.82. The highest BCUT2D eigenvalue weighted by Crippen LogP contribution is 2.50. The molecule has 0 aromatic heterocycles. The van der Waals surface area contributed by atoms with Gasteiger partial charge in [-0.2, -0.15) is 0 Å². The maximum atomic E-state index is 2.56. The van der Waals surface area contributed by atoms with E-state index >= 15 is 0 Å². The molecular formula is C42H63S+. The molecule has 3 rings (SSSR count). The van der Waals surface area contributed by atoms with Crippen molar-refractivity contribution in [3.63, 3.8) is 0 Å². The van der Waals surface area contributed by atoms with Crippen molar-refractivity contribution in [2.24, 2.45) is 0 Å². The quantitative estimate of drug-likeness (QED) is 0.263. The van der Waals surface area contributed by atoms with E-state index in [1.165, 1.54) is 48.1 Å². The van der Waals surface area contributed by atoms with E-state index in [0.29, 0.717) is 0 Å². The van der Waals surface area contributed by atoms with Gasteiger partial charge in [-0.05, 0) is 80.0 Å². The summed E-state index contributed by atoms with van der Waals surface area (Å²) in [6.45, 7) is 43.1. The predicted octanol–water partition coefficient (Wildman–Crippen LogP) is 12.6. The van der Waals surface area contributed by atoms with Crippen LogP contribution in [0.5, 0.6) is 0 Å². The molecule has 3 aromatic rings. The van der Waals surface area contributed by atoms with Gasteiger partial charge < -0.3 is 0 Å². The summed E-state index contributed by atoms with van der Waals surface area (Å²) in [6, 6.07) is 21.7. The molecule has 236 valence electrons. The van der Waals surface area contributed by atoms with Crippen LogP contribution in [0, 0.1) is 0 Å². The Morgan fingerprint density at radius 2 is 0.605 bits per heavy atom. The molecule has 0 saturated heterocycles. The number of rotatable bonds is 3. The van der Waals surface area contributed by atoms with Crippen LogP contribution in [0.3, 0.4) is 0 Å². The molecule has 0 radical (unpaired) electrons. The molecule has 0 unspecified atom stereocenters. The smallest absolute Gasteiger partial charge is 0.0619 e. The normalized spacial score (nSPS) is 14.0. The van der Waals surface area contributed by atoms with Crippen molar-refractivity contribution in [2.75, 3.05) is 0 Å². The fraction of sp³-hybridized carbons (Fsp3) is 0.571. The van der Waals surface area contributed by atoms with Crippen LogP contribution in [0.1, 0.15) is 158 Å². The summed E-state index contributed by atoms with van der Waals surface area (Å²) in [5, 5.41) is 0. The van der Waals surface area contributed by atoms with Gasteiger partial charge in [-0.15, -0.1) is 0 Å². The summed E-state index contributed by atoms with van der Waals surface area (Å²) >= 11 is 0. The van der Waals surface area contributed by atoms with E-state index in [1.54, 1.807) is 0 Å². The van der Waals surface area contributed by atoms with E-state index in [4.69, 9.17) is 0 Å². The molecule has 0 amide bonds. The Hall–Kier alpha value is -1.99. The standard InChI is InChI=1S/C42H63S/c1-37(2,3)28-24-31(39(7,8)9)35(32(25-28)40(10,11)12)43(30-22-20-19-21-23-30)36-33(41(13,14)15)26-29(38(4,5)6)27-34(36)42(16,17)18/h19-27H,1-18H3/q+1. The second kappa shape index (κ2) is 11.4. The van der Waals surface area contributed by atoms with E-state index in [2.05, 4.69) is 179 Å². The Morgan fingerprint density at radius 3 is 0.814 bits per heavy atom. The molecule has 43 heavy (non-hydrogen) atoms. The second-order valence-electron chi connectivity index (χ2n) is 18.9. The van der Waals surface area contributed by atoms with Crippen molar-refractivity contribution >= 4 is 10.9 Å². The molecule has 0 N–H and O–H groups in total. The summed E-state index contributed by atoms with van der Waals surface area (Å²) < 4.78 is 0. The van der Waals surface area contributed by atoms with Gasteiger partial charge in [0.25, 0.3) is 0 Å². The topological polar surface area (TPSA) is 0 Å². The van der Waals surface area contributed by atoms with Gasteiger partial charge in [0.1, 0.15) is 10.9 Å². The highest BCUT2D eigenvalue weighted by atomic mass is 32.2. The molecular weight excluding hydrogens is 537 g/mol. The van der Waals surface area contributed by atoms with Crippen LogP contribution < -0.4 is 0 Å². The molecule has 0 bridgehead atoms. The first-order chi connectivity index (χ1) is 19.1. The Bertz CT molecular complexity index is 1260. The summed E-state index contributed by atoms with van der Waals surface area (Å²) in [7, 11) is -0.317. The minimum absolute atomic E-state index is 0.0221. The van der Waals surface area contributed by atoms with Crippen LogP contribution in [0.15, 0.2) is 69.3 Å². The van der Waals surface area contributed by atoms with Gasteiger partial charge in [-0.25, -0.2) is 0 Å². The lowest BCUT2D eigenvalue weighted by Gasteiger charge is -2.35. The third-order valence-corrected chi connectivity index (χ3v) is 11.0. The summed E-state index contributed by atoms with van der Waals surface area (Å²) in [5.74, 6) is 0. The lowest BCUT2D eigenvalue weighted by atomic mass is 9.75. The lowest BCUT2D eigenvalue weighted by molar-refractivity contribution is 0.525. The average molecular weight is 600 g/mol. The van der Waals surface area contributed by atoms with Crippen LogP contribution >= 0.6 is 0 Å². The summed E-state index contributed by atoms with van der Waals surface area (Å²) in [4.78, 5) is 4.46. The minimum Gasteiger partial charge on any atom is -0.0619 e. The fourth-order valence-electron chi connectivity index (χ4n) is 5.69. The zero-order chi connectivity index (χ0) is 33.1. The van der Waals surface area contributed by atoms with Crippen molar-refractivity contribution in [3.8, 4) is 0 Å². The van der Waals surface area contributed by atoms with Gasteiger partial charge in [-0.3, -0.25) is 0 Å². The highest BCUT2D eigenvalue weighted by molar-refractivity contribution is 7.97. The third kappa shape index (κ3) is 7.81. The van der Waals surface area contributed by atoms with E-state index in [1.807, 2.05) is 0 Å². The largest absolute Gasteiger partial charge is 0.174 e. The van der Waals surface area contributed by atoms with Gasteiger partial charge in [0.15, 0.2) is 14.7 Å².